The Bertz CT molecular complexity index is 1720. The summed E-state index contributed by atoms with van der Waals surface area (Å²) in [5.41, 5.74) is 0.389. The molecule has 98 heavy (non-hydrogen) atoms. The molecule has 0 radical (unpaired) electrons. The van der Waals surface area contributed by atoms with Crippen molar-refractivity contribution in [3.8, 4) is 0 Å². The first-order chi connectivity index (χ1) is 47.7. The summed E-state index contributed by atoms with van der Waals surface area (Å²) in [5.74, 6) is 8.79. The Balaban J connectivity index is 0. The zero-order valence-corrected chi connectivity index (χ0v) is 62.6. The number of unbranched alkanes of at least 4 members (excludes halogenated alkanes) is 5. The van der Waals surface area contributed by atoms with Crippen molar-refractivity contribution in [3.63, 3.8) is 0 Å². The molecule has 26 heteroatoms. The number of ether oxygens (including phenoxy) is 4. The fourth-order valence-electron chi connectivity index (χ4n) is 14.8. The van der Waals surface area contributed by atoms with Crippen molar-refractivity contribution in [1.29, 1.82) is 1.28 Å². The standard InChI is InChI=1S/C15H28O2.C13H24O6.C12H20O2.C8H19NO2.2C8H16O2.C4H10O2S.C3H6O5.CH5P/c1-15(2,11-3-7-13(16)8-4-11)12-5-9-14(17)10-6-12;14-9-5-1-3-7-12(16)18-11-19-13(17)8-4-2-6-10-15;13-5-7-1-10-8-3-9(6-14)11(4-8)12(10)2-7;1-2-3-4-9(5-7-10)6-8-11;9-5-7-1-2-8(6-10)4-3-7;9-5-7-2-1-3-8(4-7)6-10;5-1-3-7-4-2-6;4-1-7-3(6)8-2-5;1-2/h11-14,16-17H,3-10H2,1-2H3;14-15H,1-11H2;7-14H,1-6H2;10-11H,2-8H2,1H3;2*7-10H,1-6H2;5-6H,1-4H2;4-5H,1-2H2;2H2,1H3/i;;;;;;;;2D. The van der Waals surface area contributed by atoms with Crippen LogP contribution in [0.15, 0.2) is 0 Å². The minimum atomic E-state index is -1.09. The van der Waals surface area contributed by atoms with Gasteiger partial charge in [0.15, 0.2) is 13.6 Å². The van der Waals surface area contributed by atoms with E-state index in [1.807, 2.05) is 6.66 Å². The van der Waals surface area contributed by atoms with Crippen LogP contribution in [0.2, 0.25) is 0 Å². The van der Waals surface area contributed by atoms with Crippen molar-refractivity contribution in [1.82, 2.24) is 4.90 Å². The molecular weight excluding hydrogens is 1310 g/mol. The summed E-state index contributed by atoms with van der Waals surface area (Å²) in [6.07, 6.45) is 28.6. The second-order valence-electron chi connectivity index (χ2n) is 27.8. The fourth-order valence-corrected chi connectivity index (χ4v) is 15.3. The molecule has 0 heterocycles. The van der Waals surface area contributed by atoms with E-state index in [2.05, 4.69) is 35.1 Å². The van der Waals surface area contributed by atoms with Crippen LogP contribution in [-0.2, 0) is 28.5 Å². The van der Waals surface area contributed by atoms with Gasteiger partial charge in [-0.15, -0.1) is 9.18 Å². The van der Waals surface area contributed by atoms with Crippen molar-refractivity contribution < 1.29 is 115 Å². The van der Waals surface area contributed by atoms with Gasteiger partial charge in [0.2, 0.25) is 6.79 Å². The Morgan fingerprint density at radius 3 is 1.26 bits per heavy atom. The maximum Gasteiger partial charge on any atom is 0.512 e. The Morgan fingerprint density at radius 2 is 0.888 bits per heavy atom. The van der Waals surface area contributed by atoms with Crippen molar-refractivity contribution in [2.75, 3.05) is 137 Å². The van der Waals surface area contributed by atoms with Gasteiger partial charge in [-0.3, -0.25) is 14.5 Å². The number of esters is 2. The van der Waals surface area contributed by atoms with E-state index in [1.54, 1.807) is 11.8 Å². The summed E-state index contributed by atoms with van der Waals surface area (Å²) in [4.78, 5) is 34.3. The molecule has 9 unspecified atom stereocenters. The number of aliphatic hydroxyl groups is 16. The molecule has 7 aliphatic rings. The molecule has 9 atom stereocenters. The first kappa shape index (κ1) is 96.3. The predicted molar refractivity (Wildman–Crippen MR) is 385 cm³/mol. The number of aliphatic hydroxyl groups excluding tert-OH is 16. The molecule has 0 aliphatic heterocycles. The van der Waals surface area contributed by atoms with Gasteiger partial charge in [0.1, 0.15) is 0 Å². The second kappa shape index (κ2) is 66.0. The lowest BCUT2D eigenvalue weighted by Gasteiger charge is -2.46. The van der Waals surface area contributed by atoms with Crippen LogP contribution in [0.3, 0.4) is 0 Å². The molecule has 7 saturated carbocycles. The van der Waals surface area contributed by atoms with Gasteiger partial charge >= 0.3 is 18.1 Å². The number of nitrogens with zero attached hydrogens (tertiary/aromatic N) is 1. The molecule has 7 rings (SSSR count). The zero-order chi connectivity index (χ0) is 74.5. The van der Waals surface area contributed by atoms with Crippen LogP contribution in [0, 0.1) is 76.4 Å². The lowest BCUT2D eigenvalue weighted by molar-refractivity contribution is -0.167. The van der Waals surface area contributed by atoms with E-state index in [4.69, 9.17) is 72.0 Å². The van der Waals surface area contributed by atoms with E-state index in [9.17, 15) is 34.8 Å². The minimum Gasteiger partial charge on any atom is -0.428 e. The Morgan fingerprint density at radius 1 is 0.459 bits per heavy atom. The highest BCUT2D eigenvalue weighted by molar-refractivity contribution is 7.99. The third-order valence-corrected chi connectivity index (χ3v) is 21.5. The molecule has 0 aromatic carbocycles. The van der Waals surface area contributed by atoms with Crippen LogP contribution < -0.4 is 0 Å². The third-order valence-electron chi connectivity index (χ3n) is 20.6. The molecule has 16 N–H and O–H groups in total. The van der Waals surface area contributed by atoms with Crippen molar-refractivity contribution in [2.45, 2.75) is 226 Å². The number of carbonyl (C=O) groups is 3. The van der Waals surface area contributed by atoms with Gasteiger partial charge < -0.3 is 101 Å². The highest BCUT2D eigenvalue weighted by Gasteiger charge is 2.55. The molecule has 2 bridgehead atoms. The highest BCUT2D eigenvalue weighted by atomic mass is 32.2. The largest absolute Gasteiger partial charge is 0.512 e. The van der Waals surface area contributed by atoms with Crippen molar-refractivity contribution >= 4 is 39.0 Å². The summed E-state index contributed by atoms with van der Waals surface area (Å²) in [7, 11) is 0.333. The van der Waals surface area contributed by atoms with E-state index < -0.39 is 31.7 Å². The Labute approximate surface area is 597 Å². The average Bonchev–Trinajstić information content (AvgIpc) is 1.60. The van der Waals surface area contributed by atoms with Crippen LogP contribution >= 0.6 is 20.9 Å². The third kappa shape index (κ3) is 46.9. The molecule has 0 amide bonds. The van der Waals surface area contributed by atoms with Gasteiger partial charge in [0.25, 0.3) is 0 Å². The summed E-state index contributed by atoms with van der Waals surface area (Å²) in [6, 6.07) is 0. The van der Waals surface area contributed by atoms with Crippen LogP contribution in [0.1, 0.15) is 213 Å². The first-order valence-electron chi connectivity index (χ1n) is 37.6. The highest BCUT2D eigenvalue weighted by Crippen LogP contribution is 2.62. The van der Waals surface area contributed by atoms with E-state index in [0.717, 1.165) is 150 Å². The number of hydrogen-bond donors (Lipinski definition) is 16. The van der Waals surface area contributed by atoms with E-state index in [-0.39, 0.29) is 71.5 Å². The second-order valence-corrected chi connectivity index (χ2v) is 29.0. The SMILES string of the molecule is CC(C)(C1CCC(O)CC1)C1CCC(O)CC1.CCCCN(CCO)CCO.O=C(CCCCCO)OCOC(=O)CCCCCO.O=C(OCO)OCO.OCC1CC2C3CC(CO)C(C3)C2C1.OCC1CCC(CO)CC1.OCC1CCCC(CO)C1.OCCSCCO.[2H]PC. The molecule has 0 aromatic heterocycles. The van der Waals surface area contributed by atoms with E-state index >= 15 is 0 Å². The summed E-state index contributed by atoms with van der Waals surface area (Å²) >= 11 is 1.55. The van der Waals surface area contributed by atoms with Gasteiger partial charge in [0.05, 0.1) is 39.9 Å². The van der Waals surface area contributed by atoms with Crippen LogP contribution in [0.4, 0.5) is 4.79 Å². The van der Waals surface area contributed by atoms with Crippen molar-refractivity contribution in [2.24, 2.45) is 76.4 Å². The predicted octanol–water partition coefficient (Wildman–Crippen LogP) is 6.38. The minimum absolute atomic E-state index is 0.0461. The smallest absolute Gasteiger partial charge is 0.428 e. The van der Waals surface area contributed by atoms with Crippen LogP contribution in [0.5, 0.6) is 0 Å². The topological polar surface area (TPSA) is 415 Å². The Hall–Kier alpha value is -1.69. The lowest BCUT2D eigenvalue weighted by atomic mass is 9.60. The number of fused-ring (bicyclic) bond motifs is 5. The molecule has 0 saturated heterocycles. The van der Waals surface area contributed by atoms with Gasteiger partial charge in [-0.2, -0.15) is 11.8 Å². The van der Waals surface area contributed by atoms with Crippen LogP contribution in [-0.4, -0.2) is 256 Å². The maximum atomic E-state index is 11.2. The summed E-state index contributed by atoms with van der Waals surface area (Å²) < 4.78 is 23.3. The number of carbonyl (C=O) groups excluding carboxylic acids is 3. The monoisotopic (exact) mass is 1450 g/mol. The van der Waals surface area contributed by atoms with E-state index in [1.165, 1.54) is 57.8 Å². The normalized spacial score (nSPS) is 26.7. The van der Waals surface area contributed by atoms with Gasteiger partial charge in [0, 0.05) is 90.3 Å². The molecule has 0 spiro atoms. The maximum absolute atomic E-state index is 11.2. The molecule has 7 aliphatic carbocycles. The molecule has 586 valence electrons. The van der Waals surface area contributed by atoms with Gasteiger partial charge in [-0.05, 0) is 237 Å². The van der Waals surface area contributed by atoms with Crippen molar-refractivity contribution in [3.05, 3.63) is 0 Å². The van der Waals surface area contributed by atoms with Crippen LogP contribution in [0.25, 0.3) is 0 Å². The quantitative estimate of drug-likeness (QED) is 0.0147. The summed E-state index contributed by atoms with van der Waals surface area (Å²) in [5, 5.41) is 139. The van der Waals surface area contributed by atoms with E-state index in [0.29, 0.717) is 129 Å². The number of thioether (sulfide) groups is 1. The molecule has 24 nitrogen and oxygen atoms in total. The summed E-state index contributed by atoms with van der Waals surface area (Å²) in [6.45, 7) is 12.4. The molecule has 0 aromatic rings. The zero-order valence-electron chi connectivity index (χ0n) is 61.8. The molecule has 7 fully saturated rings. The molecular formula is C72H144NO23PS. The first-order valence-corrected chi connectivity index (χ1v) is 39.3. The lowest BCUT2D eigenvalue weighted by Crippen LogP contribution is -2.38. The number of hydrogen-bond acceptors (Lipinski definition) is 25. The number of rotatable bonds is 33. The fraction of sp³-hybridized carbons (Fsp3) is 0.958. The average molecular weight is 1460 g/mol. The van der Waals surface area contributed by atoms with Gasteiger partial charge in [-0.25, -0.2) is 4.79 Å². The van der Waals surface area contributed by atoms with Gasteiger partial charge in [-0.1, -0.05) is 53.1 Å². The Kier molecular flexibility index (Phi) is 64.9.